The zero-order valence-corrected chi connectivity index (χ0v) is 18.7. The molecule has 180 valence electrons. The summed E-state index contributed by atoms with van der Waals surface area (Å²) in [7, 11) is 0. The summed E-state index contributed by atoms with van der Waals surface area (Å²) in [6.45, 7) is 4.39. The Hall–Kier alpha value is -3.66. The highest BCUT2D eigenvalue weighted by Crippen LogP contribution is 2.33. The molecule has 0 fully saturated rings. The lowest BCUT2D eigenvalue weighted by atomic mass is 10.1. The van der Waals surface area contributed by atoms with Crippen molar-refractivity contribution in [2.75, 3.05) is 6.54 Å². The van der Waals surface area contributed by atoms with Gasteiger partial charge in [0.05, 0.1) is 22.1 Å². The molecule has 0 saturated carbocycles. The normalized spacial score (nSPS) is 11.5. The Labute approximate surface area is 193 Å². The molecular weight excluding hydrogens is 449 g/mol. The molecule has 0 aliphatic rings. The molecule has 7 nitrogen and oxygen atoms in total. The quantitative estimate of drug-likeness (QED) is 0.392. The molecule has 0 atom stereocenters. The topological polar surface area (TPSA) is 114 Å². The van der Waals surface area contributed by atoms with Crippen molar-refractivity contribution in [1.29, 1.82) is 0 Å². The minimum absolute atomic E-state index is 0.0553. The average Bonchev–Trinajstić information content (AvgIpc) is 3.14. The summed E-state index contributed by atoms with van der Waals surface area (Å²) in [6.07, 6.45) is -1.00. The van der Waals surface area contributed by atoms with Crippen LogP contribution in [0.2, 0.25) is 0 Å². The number of H-pyrrole nitrogens is 1. The summed E-state index contributed by atoms with van der Waals surface area (Å²) >= 11 is 0. The van der Waals surface area contributed by atoms with Crippen LogP contribution in [0.25, 0.3) is 33.2 Å². The number of nitrogens with one attached hydrogen (secondary N) is 1. The molecular formula is C24H25F3N4O3. The smallest absolute Gasteiger partial charge is 0.416 e. The van der Waals surface area contributed by atoms with E-state index in [1.165, 1.54) is 6.07 Å². The van der Waals surface area contributed by atoms with Gasteiger partial charge in [-0.1, -0.05) is 25.1 Å². The zero-order chi connectivity index (χ0) is 25.0. The monoisotopic (exact) mass is 474 g/mol. The number of carboxylic acids is 1. The summed E-state index contributed by atoms with van der Waals surface area (Å²) in [5.74, 6) is -0.833. The molecule has 2 aromatic carbocycles. The molecule has 10 heteroatoms. The predicted octanol–water partition coefficient (Wildman–Crippen LogP) is 4.57. The van der Waals surface area contributed by atoms with Gasteiger partial charge in [-0.25, -0.2) is 4.98 Å². The second-order valence-corrected chi connectivity index (χ2v) is 7.71. The molecule has 34 heavy (non-hydrogen) atoms. The number of para-hydroxylation sites is 1. The van der Waals surface area contributed by atoms with Crippen LogP contribution < -0.4 is 11.3 Å². The molecule has 0 aliphatic heterocycles. The molecule has 0 bridgehead atoms. The van der Waals surface area contributed by atoms with Crippen LogP contribution in [-0.4, -0.2) is 32.2 Å². The maximum absolute atomic E-state index is 13.0. The molecule has 0 radical (unpaired) electrons. The molecule has 0 saturated heterocycles. The highest BCUT2D eigenvalue weighted by molar-refractivity contribution is 5.97. The van der Waals surface area contributed by atoms with E-state index >= 15 is 0 Å². The molecule has 0 spiro atoms. The number of hydrogen-bond donors (Lipinski definition) is 3. The highest BCUT2D eigenvalue weighted by atomic mass is 19.4. The van der Waals surface area contributed by atoms with Crippen LogP contribution in [0.3, 0.4) is 0 Å². The van der Waals surface area contributed by atoms with E-state index < -0.39 is 23.3 Å². The number of nitrogens with zero attached hydrogens (tertiary/aromatic N) is 2. The molecule has 0 unspecified atom stereocenters. The van der Waals surface area contributed by atoms with Crippen LogP contribution in [-0.2, 0) is 23.9 Å². The van der Waals surface area contributed by atoms with Gasteiger partial charge < -0.3 is 20.4 Å². The summed E-state index contributed by atoms with van der Waals surface area (Å²) in [5.41, 5.74) is 7.68. The van der Waals surface area contributed by atoms with E-state index in [2.05, 4.69) is 21.5 Å². The molecule has 0 aliphatic carbocycles. The number of hydrogen-bond acceptors (Lipinski definition) is 4. The first kappa shape index (κ1) is 25.0. The van der Waals surface area contributed by atoms with E-state index in [-0.39, 0.29) is 11.2 Å². The number of aliphatic carboxylic acids is 1. The van der Waals surface area contributed by atoms with E-state index in [4.69, 9.17) is 15.6 Å². The minimum atomic E-state index is -4.49. The first-order chi connectivity index (χ1) is 16.1. The van der Waals surface area contributed by atoms with Crippen molar-refractivity contribution in [2.45, 2.75) is 39.4 Å². The van der Waals surface area contributed by atoms with Gasteiger partial charge >= 0.3 is 6.18 Å². The Morgan fingerprint density at radius 3 is 2.56 bits per heavy atom. The minimum Gasteiger partial charge on any atom is -0.481 e. The van der Waals surface area contributed by atoms with E-state index in [0.717, 1.165) is 48.4 Å². The third kappa shape index (κ3) is 5.28. The fourth-order valence-corrected chi connectivity index (χ4v) is 3.80. The Bertz CT molecular complexity index is 1390. The van der Waals surface area contributed by atoms with Crippen LogP contribution in [0, 0.1) is 0 Å². The van der Waals surface area contributed by atoms with E-state index in [9.17, 15) is 18.0 Å². The SMILES string of the molecule is CC(=O)O.CCc1cccc2c(-c3nc4ccc(C(F)(F)F)cc4[nH]c3=O)cn(CCCN)c12. The van der Waals surface area contributed by atoms with Crippen LogP contribution in [0.15, 0.2) is 47.4 Å². The standard InChI is InChI=1S/C22H21F3N4O.C2H4O2/c1-2-13-5-3-6-15-16(12-29(20(13)15)10-4-9-26)19-21(30)28-18-11-14(22(23,24)25)7-8-17(18)27-19;1-2(3)4/h3,5-8,11-12H,2,4,9-10,26H2,1H3,(H,28,30);1H3,(H,3,4). The third-order valence-electron chi connectivity index (χ3n) is 5.24. The number of aryl methyl sites for hydroxylation is 2. The van der Waals surface area contributed by atoms with Crippen molar-refractivity contribution in [2.24, 2.45) is 5.73 Å². The molecule has 0 amide bonds. The van der Waals surface area contributed by atoms with Crippen LogP contribution in [0.5, 0.6) is 0 Å². The lowest BCUT2D eigenvalue weighted by Crippen LogP contribution is -2.12. The number of halogens is 3. The number of carboxylic acid groups (broad SMARTS) is 1. The fraction of sp³-hybridized carbons (Fsp3) is 0.292. The number of aromatic nitrogens is 3. The maximum atomic E-state index is 13.0. The van der Waals surface area contributed by atoms with Gasteiger partial charge in [-0.2, -0.15) is 13.2 Å². The van der Waals surface area contributed by atoms with Crippen molar-refractivity contribution in [3.05, 3.63) is 64.1 Å². The number of carbonyl (C=O) groups is 1. The van der Waals surface area contributed by atoms with E-state index in [1.54, 1.807) is 0 Å². The number of alkyl halides is 3. The second-order valence-electron chi connectivity index (χ2n) is 7.71. The number of benzene rings is 2. The summed E-state index contributed by atoms with van der Waals surface area (Å²) in [5, 5.41) is 8.30. The lowest BCUT2D eigenvalue weighted by molar-refractivity contribution is -0.137. The first-order valence-corrected chi connectivity index (χ1v) is 10.7. The van der Waals surface area contributed by atoms with Crippen molar-refractivity contribution < 1.29 is 23.1 Å². The molecule has 4 aromatic rings. The Balaban J connectivity index is 0.000000751. The van der Waals surface area contributed by atoms with Crippen molar-refractivity contribution in [1.82, 2.24) is 14.5 Å². The predicted molar refractivity (Wildman–Crippen MR) is 125 cm³/mol. The molecule has 4 rings (SSSR count). The largest absolute Gasteiger partial charge is 0.481 e. The fourth-order valence-electron chi connectivity index (χ4n) is 3.80. The Kier molecular flexibility index (Phi) is 7.41. The summed E-state index contributed by atoms with van der Waals surface area (Å²) in [6, 6.07) is 9.07. The van der Waals surface area contributed by atoms with Crippen LogP contribution >= 0.6 is 0 Å². The van der Waals surface area contributed by atoms with E-state index in [0.29, 0.717) is 24.2 Å². The maximum Gasteiger partial charge on any atom is 0.416 e. The van der Waals surface area contributed by atoms with Crippen molar-refractivity contribution in [3.63, 3.8) is 0 Å². The number of aromatic amines is 1. The second kappa shape index (κ2) is 10.1. The lowest BCUT2D eigenvalue weighted by Gasteiger charge is -2.08. The van der Waals surface area contributed by atoms with Crippen LogP contribution in [0.1, 0.15) is 31.4 Å². The summed E-state index contributed by atoms with van der Waals surface area (Å²) in [4.78, 5) is 28.8. The molecule has 4 N–H and O–H groups in total. The number of fused-ring (bicyclic) bond motifs is 2. The zero-order valence-electron chi connectivity index (χ0n) is 18.7. The van der Waals surface area contributed by atoms with E-state index in [1.807, 2.05) is 24.4 Å². The average molecular weight is 474 g/mol. The molecule has 2 heterocycles. The summed E-state index contributed by atoms with van der Waals surface area (Å²) < 4.78 is 41.0. The van der Waals surface area contributed by atoms with Gasteiger partial charge in [0.25, 0.3) is 11.5 Å². The van der Waals surface area contributed by atoms with Crippen LogP contribution in [0.4, 0.5) is 13.2 Å². The van der Waals surface area contributed by atoms with Gasteiger partial charge in [0, 0.05) is 30.6 Å². The van der Waals surface area contributed by atoms with Gasteiger partial charge in [0.15, 0.2) is 0 Å². The number of nitrogens with two attached hydrogens (primary N) is 1. The van der Waals surface area contributed by atoms with Gasteiger partial charge in [-0.05, 0) is 43.1 Å². The van der Waals surface area contributed by atoms with Crippen molar-refractivity contribution >= 4 is 27.9 Å². The van der Waals surface area contributed by atoms with Crippen molar-refractivity contribution in [3.8, 4) is 11.3 Å². The number of rotatable bonds is 5. The van der Waals surface area contributed by atoms with Gasteiger partial charge in [-0.15, -0.1) is 0 Å². The molecule has 2 aromatic heterocycles. The first-order valence-electron chi connectivity index (χ1n) is 10.7. The van der Waals surface area contributed by atoms with Gasteiger partial charge in [-0.3, -0.25) is 9.59 Å². The third-order valence-corrected chi connectivity index (χ3v) is 5.24. The van der Waals surface area contributed by atoms with Gasteiger partial charge in [0.2, 0.25) is 0 Å². The highest BCUT2D eigenvalue weighted by Gasteiger charge is 2.30. The Morgan fingerprint density at radius 1 is 1.24 bits per heavy atom. The Morgan fingerprint density at radius 2 is 1.94 bits per heavy atom. The van der Waals surface area contributed by atoms with Gasteiger partial charge in [0.1, 0.15) is 5.69 Å².